The Labute approximate surface area is 98.7 Å². The molecule has 0 bridgehead atoms. The second kappa shape index (κ2) is 5.37. The molecule has 0 aliphatic rings. The summed E-state index contributed by atoms with van der Waals surface area (Å²) in [5.74, 6) is -2.15. The number of carboxylic acids is 2. The van der Waals surface area contributed by atoms with Gasteiger partial charge in [-0.15, -0.1) is 12.4 Å². The van der Waals surface area contributed by atoms with E-state index in [1.54, 1.807) is 19.0 Å². The highest BCUT2D eigenvalue weighted by molar-refractivity contribution is 5.97. The van der Waals surface area contributed by atoms with Gasteiger partial charge in [-0.25, -0.2) is 9.59 Å². The molecule has 0 spiro atoms. The van der Waals surface area contributed by atoms with E-state index in [9.17, 15) is 9.59 Å². The fraction of sp³-hybridized carbons (Fsp3) is 0.200. The molecule has 0 unspecified atom stereocenters. The van der Waals surface area contributed by atoms with E-state index < -0.39 is 11.9 Å². The Morgan fingerprint density at radius 1 is 1.12 bits per heavy atom. The van der Waals surface area contributed by atoms with Crippen LogP contribution in [0.4, 0.5) is 5.69 Å². The predicted octanol–water partition coefficient (Wildman–Crippen LogP) is 1.57. The summed E-state index contributed by atoms with van der Waals surface area (Å²) in [4.78, 5) is 23.1. The molecule has 1 aromatic rings. The van der Waals surface area contributed by atoms with Gasteiger partial charge >= 0.3 is 11.9 Å². The number of hydrogen-bond acceptors (Lipinski definition) is 3. The first-order valence-electron chi connectivity index (χ1n) is 4.21. The van der Waals surface area contributed by atoms with Crippen molar-refractivity contribution in [3.63, 3.8) is 0 Å². The molecule has 0 amide bonds. The molecule has 0 radical (unpaired) electrons. The van der Waals surface area contributed by atoms with E-state index in [1.807, 2.05) is 0 Å². The van der Waals surface area contributed by atoms with Crippen LogP contribution in [0.15, 0.2) is 18.2 Å². The van der Waals surface area contributed by atoms with Crippen molar-refractivity contribution in [1.82, 2.24) is 0 Å². The minimum absolute atomic E-state index is 0. The summed E-state index contributed by atoms with van der Waals surface area (Å²) in [6.45, 7) is 0. The van der Waals surface area contributed by atoms with Crippen molar-refractivity contribution in [3.8, 4) is 0 Å². The van der Waals surface area contributed by atoms with Crippen molar-refractivity contribution in [2.75, 3.05) is 19.0 Å². The Morgan fingerprint density at radius 2 is 1.69 bits per heavy atom. The Bertz CT molecular complexity index is 417. The van der Waals surface area contributed by atoms with Gasteiger partial charge in [0.1, 0.15) is 0 Å². The molecule has 0 saturated carbocycles. The molecule has 2 N–H and O–H groups in total. The van der Waals surface area contributed by atoms with Crippen LogP contribution in [-0.4, -0.2) is 36.2 Å². The predicted molar refractivity (Wildman–Crippen MR) is 61.9 cm³/mol. The van der Waals surface area contributed by atoms with Gasteiger partial charge in [0.05, 0.1) is 16.8 Å². The molecule has 0 atom stereocenters. The summed E-state index contributed by atoms with van der Waals surface area (Å²) < 4.78 is 0. The molecule has 0 aliphatic carbocycles. The van der Waals surface area contributed by atoms with E-state index >= 15 is 0 Å². The van der Waals surface area contributed by atoms with Crippen LogP contribution in [0.5, 0.6) is 0 Å². The van der Waals surface area contributed by atoms with Crippen LogP contribution in [0.25, 0.3) is 0 Å². The fourth-order valence-electron chi connectivity index (χ4n) is 1.22. The van der Waals surface area contributed by atoms with Crippen LogP contribution in [0.2, 0.25) is 0 Å². The van der Waals surface area contributed by atoms with Crippen LogP contribution < -0.4 is 4.90 Å². The number of carboxylic acid groups (broad SMARTS) is 2. The largest absolute Gasteiger partial charge is 0.478 e. The molecular formula is C10H12ClNO4. The maximum atomic E-state index is 10.8. The Morgan fingerprint density at radius 3 is 2.06 bits per heavy atom. The second-order valence-corrected chi connectivity index (χ2v) is 3.24. The highest BCUT2D eigenvalue weighted by Crippen LogP contribution is 2.20. The van der Waals surface area contributed by atoms with Crippen LogP contribution >= 0.6 is 12.4 Å². The van der Waals surface area contributed by atoms with Crippen molar-refractivity contribution in [2.45, 2.75) is 0 Å². The minimum atomic E-state index is -1.07. The second-order valence-electron chi connectivity index (χ2n) is 3.24. The lowest BCUT2D eigenvalue weighted by Crippen LogP contribution is -2.15. The zero-order valence-corrected chi connectivity index (χ0v) is 9.61. The van der Waals surface area contributed by atoms with Gasteiger partial charge in [0.2, 0.25) is 0 Å². The fourth-order valence-corrected chi connectivity index (χ4v) is 1.22. The average Bonchev–Trinajstić information content (AvgIpc) is 2.16. The molecule has 1 rings (SSSR count). The van der Waals surface area contributed by atoms with Gasteiger partial charge in [0.15, 0.2) is 0 Å². The molecule has 88 valence electrons. The lowest BCUT2D eigenvalue weighted by atomic mass is 10.1. The van der Waals surface area contributed by atoms with Crippen molar-refractivity contribution in [1.29, 1.82) is 0 Å². The molecule has 0 aliphatic heterocycles. The summed E-state index contributed by atoms with van der Waals surface area (Å²) in [7, 11) is 3.32. The summed E-state index contributed by atoms with van der Waals surface area (Å²) >= 11 is 0. The number of halogens is 1. The molecule has 5 nitrogen and oxygen atoms in total. The minimum Gasteiger partial charge on any atom is -0.478 e. The maximum Gasteiger partial charge on any atom is 0.337 e. The van der Waals surface area contributed by atoms with Gasteiger partial charge in [-0.05, 0) is 18.2 Å². The van der Waals surface area contributed by atoms with Crippen molar-refractivity contribution < 1.29 is 19.8 Å². The third-order valence-corrected chi connectivity index (χ3v) is 1.96. The van der Waals surface area contributed by atoms with Crippen LogP contribution in [0, 0.1) is 0 Å². The normalized spacial score (nSPS) is 9.12. The third kappa shape index (κ3) is 2.87. The maximum absolute atomic E-state index is 10.8. The summed E-state index contributed by atoms with van der Waals surface area (Å²) in [6, 6.07) is 3.91. The number of nitrogens with zero attached hydrogens (tertiary/aromatic N) is 1. The standard InChI is InChI=1S/C10H11NO4.ClH/c1-11(2)8-5-6(9(12)13)3-4-7(8)10(14)15;/h3-5H,1-2H3,(H,12,13)(H,14,15);1H. The smallest absolute Gasteiger partial charge is 0.337 e. The third-order valence-electron chi connectivity index (χ3n) is 1.96. The summed E-state index contributed by atoms with van der Waals surface area (Å²) in [5.41, 5.74) is 0.538. The monoisotopic (exact) mass is 245 g/mol. The number of benzene rings is 1. The first-order valence-corrected chi connectivity index (χ1v) is 4.21. The molecule has 16 heavy (non-hydrogen) atoms. The number of anilines is 1. The number of aromatic carboxylic acids is 2. The molecule has 0 fully saturated rings. The van der Waals surface area contributed by atoms with Crippen LogP contribution in [0.3, 0.4) is 0 Å². The molecule has 1 aromatic carbocycles. The van der Waals surface area contributed by atoms with Gasteiger partial charge in [-0.3, -0.25) is 0 Å². The van der Waals surface area contributed by atoms with Gasteiger partial charge in [0, 0.05) is 14.1 Å². The lowest BCUT2D eigenvalue weighted by Gasteiger charge is -2.15. The van der Waals surface area contributed by atoms with Gasteiger partial charge in [-0.1, -0.05) is 0 Å². The zero-order chi connectivity index (χ0) is 11.6. The molecule has 0 saturated heterocycles. The van der Waals surface area contributed by atoms with E-state index in [-0.39, 0.29) is 23.5 Å². The molecular weight excluding hydrogens is 234 g/mol. The van der Waals surface area contributed by atoms with E-state index in [4.69, 9.17) is 10.2 Å². The number of carbonyl (C=O) groups is 2. The van der Waals surface area contributed by atoms with E-state index in [0.29, 0.717) is 5.69 Å². The van der Waals surface area contributed by atoms with Crippen LogP contribution in [-0.2, 0) is 0 Å². The van der Waals surface area contributed by atoms with E-state index in [0.717, 1.165) is 0 Å². The molecule has 6 heteroatoms. The molecule has 0 heterocycles. The summed E-state index contributed by atoms with van der Waals surface area (Å²) in [6.07, 6.45) is 0. The van der Waals surface area contributed by atoms with Crippen molar-refractivity contribution in [3.05, 3.63) is 29.3 Å². The van der Waals surface area contributed by atoms with Crippen LogP contribution in [0.1, 0.15) is 20.7 Å². The number of hydrogen-bond donors (Lipinski definition) is 2. The van der Waals surface area contributed by atoms with Crippen molar-refractivity contribution in [2.24, 2.45) is 0 Å². The van der Waals surface area contributed by atoms with Crippen molar-refractivity contribution >= 4 is 30.0 Å². The summed E-state index contributed by atoms with van der Waals surface area (Å²) in [5, 5.41) is 17.6. The SMILES string of the molecule is CN(C)c1cc(C(=O)O)ccc1C(=O)O.Cl. The van der Waals surface area contributed by atoms with Gasteiger partial charge in [0.25, 0.3) is 0 Å². The van der Waals surface area contributed by atoms with E-state index in [2.05, 4.69) is 0 Å². The Hall–Kier alpha value is -1.75. The Kier molecular flexibility index (Phi) is 4.78. The first-order chi connectivity index (χ1) is 6.93. The highest BCUT2D eigenvalue weighted by Gasteiger charge is 2.14. The number of rotatable bonds is 3. The zero-order valence-electron chi connectivity index (χ0n) is 8.80. The molecule has 0 aromatic heterocycles. The van der Waals surface area contributed by atoms with Gasteiger partial charge < -0.3 is 15.1 Å². The lowest BCUT2D eigenvalue weighted by molar-refractivity contribution is 0.0681. The van der Waals surface area contributed by atoms with Gasteiger partial charge in [-0.2, -0.15) is 0 Å². The van der Waals surface area contributed by atoms with E-state index in [1.165, 1.54) is 18.2 Å². The topological polar surface area (TPSA) is 77.8 Å². The highest BCUT2D eigenvalue weighted by atomic mass is 35.5. The first kappa shape index (κ1) is 14.2. The Balaban J connectivity index is 0.00000225. The average molecular weight is 246 g/mol. The quantitative estimate of drug-likeness (QED) is 0.845.